The summed E-state index contributed by atoms with van der Waals surface area (Å²) in [4.78, 5) is 13.7. The summed E-state index contributed by atoms with van der Waals surface area (Å²) >= 11 is 0. The normalized spacial score (nSPS) is 23.8. The first-order valence-corrected chi connectivity index (χ1v) is 5.99. The second-order valence-corrected chi connectivity index (χ2v) is 4.50. The van der Waals surface area contributed by atoms with Gasteiger partial charge in [-0.2, -0.15) is 0 Å². The first kappa shape index (κ1) is 12.8. The van der Waals surface area contributed by atoms with Crippen LogP contribution in [-0.2, 0) is 0 Å². The molecule has 2 N–H and O–H groups in total. The quantitative estimate of drug-likeness (QED) is 0.816. The van der Waals surface area contributed by atoms with Crippen molar-refractivity contribution in [2.75, 3.05) is 13.1 Å². The Morgan fingerprint density at radius 3 is 2.50 bits per heavy atom. The number of likely N-dealkylation sites (tertiary alicyclic amines) is 1. The number of carbonyl (C=O) groups is 1. The maximum atomic E-state index is 12.2. The zero-order valence-corrected chi connectivity index (χ0v) is 10.1. The molecule has 0 bridgehead atoms. The average Bonchev–Trinajstić information content (AvgIpc) is 2.41. The van der Waals surface area contributed by atoms with E-state index in [1.54, 1.807) is 23.1 Å². The maximum Gasteiger partial charge on any atom is 0.253 e. The summed E-state index contributed by atoms with van der Waals surface area (Å²) in [6.45, 7) is 4.31. The number of aliphatic hydroxyl groups is 2. The van der Waals surface area contributed by atoms with E-state index in [0.29, 0.717) is 18.5 Å². The monoisotopic (exact) mass is 247 g/mol. The summed E-state index contributed by atoms with van der Waals surface area (Å²) < 4.78 is 0. The van der Waals surface area contributed by atoms with Gasteiger partial charge >= 0.3 is 0 Å². The Balaban J connectivity index is 2.08. The van der Waals surface area contributed by atoms with Crippen molar-refractivity contribution in [1.29, 1.82) is 0 Å². The molecule has 1 aliphatic heterocycles. The van der Waals surface area contributed by atoms with Gasteiger partial charge in [-0.05, 0) is 24.1 Å². The van der Waals surface area contributed by atoms with Crippen molar-refractivity contribution in [3.8, 4) is 0 Å². The number of β-amino-alcohol motifs (C(OH)–C–C–N with tert-alkyl or cyclic N) is 1. The Morgan fingerprint density at radius 1 is 1.28 bits per heavy atom. The van der Waals surface area contributed by atoms with Crippen LogP contribution in [-0.4, -0.2) is 46.3 Å². The lowest BCUT2D eigenvalue weighted by Crippen LogP contribution is -2.48. The third-order valence-electron chi connectivity index (χ3n) is 3.23. The Bertz CT molecular complexity index is 441. The van der Waals surface area contributed by atoms with Gasteiger partial charge in [0.15, 0.2) is 0 Å². The van der Waals surface area contributed by atoms with E-state index < -0.39 is 12.2 Å². The molecule has 2 atom stereocenters. The molecule has 1 aromatic rings. The van der Waals surface area contributed by atoms with Gasteiger partial charge in [0.25, 0.3) is 5.91 Å². The third-order valence-corrected chi connectivity index (χ3v) is 3.23. The van der Waals surface area contributed by atoms with E-state index >= 15 is 0 Å². The lowest BCUT2D eigenvalue weighted by Gasteiger charge is -2.33. The van der Waals surface area contributed by atoms with Crippen molar-refractivity contribution >= 4 is 12.0 Å². The molecule has 0 unspecified atom stereocenters. The fraction of sp³-hybridized carbons (Fsp3) is 0.357. The topological polar surface area (TPSA) is 60.8 Å². The summed E-state index contributed by atoms with van der Waals surface area (Å²) in [7, 11) is 0. The van der Waals surface area contributed by atoms with Crippen LogP contribution in [0, 0.1) is 0 Å². The number of hydrogen-bond donors (Lipinski definition) is 2. The van der Waals surface area contributed by atoms with Crippen molar-refractivity contribution in [2.45, 2.75) is 18.6 Å². The molecule has 1 aromatic carbocycles. The smallest absolute Gasteiger partial charge is 0.253 e. The molecule has 0 aromatic heterocycles. The minimum atomic E-state index is -0.852. The van der Waals surface area contributed by atoms with Crippen molar-refractivity contribution in [3.63, 3.8) is 0 Å². The number of piperidine rings is 1. The van der Waals surface area contributed by atoms with Gasteiger partial charge in [0.1, 0.15) is 0 Å². The van der Waals surface area contributed by atoms with Crippen molar-refractivity contribution in [1.82, 2.24) is 4.90 Å². The number of hydrogen-bond acceptors (Lipinski definition) is 3. The number of amides is 1. The van der Waals surface area contributed by atoms with Gasteiger partial charge in [-0.1, -0.05) is 24.8 Å². The Kier molecular flexibility index (Phi) is 3.79. The highest BCUT2D eigenvalue weighted by atomic mass is 16.3. The molecule has 0 radical (unpaired) electrons. The first-order valence-electron chi connectivity index (χ1n) is 5.99. The van der Waals surface area contributed by atoms with E-state index in [-0.39, 0.29) is 12.5 Å². The summed E-state index contributed by atoms with van der Waals surface area (Å²) in [5, 5.41) is 19.0. The molecule has 1 amide bonds. The second kappa shape index (κ2) is 5.33. The average molecular weight is 247 g/mol. The van der Waals surface area contributed by atoms with E-state index in [0.717, 1.165) is 5.56 Å². The molecular formula is C14H17NO3. The minimum absolute atomic E-state index is 0.114. The fourth-order valence-electron chi connectivity index (χ4n) is 2.05. The Morgan fingerprint density at radius 2 is 1.94 bits per heavy atom. The first-order chi connectivity index (χ1) is 8.61. The van der Waals surface area contributed by atoms with Gasteiger partial charge in [0, 0.05) is 18.7 Å². The maximum absolute atomic E-state index is 12.2. The predicted molar refractivity (Wildman–Crippen MR) is 69.1 cm³/mol. The van der Waals surface area contributed by atoms with Crippen LogP contribution in [0.2, 0.25) is 0 Å². The number of carbonyl (C=O) groups excluding carboxylic acids is 1. The van der Waals surface area contributed by atoms with Crippen LogP contribution in [0.3, 0.4) is 0 Å². The van der Waals surface area contributed by atoms with Gasteiger partial charge in [-0.25, -0.2) is 0 Å². The zero-order chi connectivity index (χ0) is 13.1. The second-order valence-electron chi connectivity index (χ2n) is 4.50. The van der Waals surface area contributed by atoms with Crippen LogP contribution in [0.5, 0.6) is 0 Å². The third kappa shape index (κ3) is 2.60. The Labute approximate surface area is 106 Å². The van der Waals surface area contributed by atoms with Crippen LogP contribution in [0.15, 0.2) is 30.8 Å². The molecule has 4 nitrogen and oxygen atoms in total. The summed E-state index contributed by atoms with van der Waals surface area (Å²) in [6, 6.07) is 7.15. The molecule has 4 heteroatoms. The van der Waals surface area contributed by atoms with Crippen LogP contribution < -0.4 is 0 Å². The largest absolute Gasteiger partial charge is 0.390 e. The highest BCUT2D eigenvalue weighted by Gasteiger charge is 2.28. The molecule has 1 aliphatic rings. The van der Waals surface area contributed by atoms with Gasteiger partial charge in [-0.15, -0.1) is 0 Å². The highest BCUT2D eigenvalue weighted by Crippen LogP contribution is 2.15. The van der Waals surface area contributed by atoms with E-state index in [2.05, 4.69) is 6.58 Å². The molecule has 18 heavy (non-hydrogen) atoms. The number of nitrogens with zero attached hydrogens (tertiary/aromatic N) is 1. The van der Waals surface area contributed by atoms with Gasteiger partial charge in [-0.3, -0.25) is 4.79 Å². The standard InChI is InChI=1S/C14H17NO3/c1-2-10-3-5-11(6-4-10)14(18)15-8-7-12(16)13(17)9-15/h2-6,12-13,16-17H,1,7-9H2/t12-,13-/m0/s1. The van der Waals surface area contributed by atoms with Gasteiger partial charge < -0.3 is 15.1 Å². The molecule has 0 saturated carbocycles. The SMILES string of the molecule is C=Cc1ccc(C(=O)N2CC[C@H](O)[C@@H](O)C2)cc1. The molecule has 2 rings (SSSR count). The lowest BCUT2D eigenvalue weighted by atomic mass is 10.0. The van der Waals surface area contributed by atoms with Crippen molar-refractivity contribution < 1.29 is 15.0 Å². The fourth-order valence-corrected chi connectivity index (χ4v) is 2.05. The Hall–Kier alpha value is -1.65. The molecule has 1 saturated heterocycles. The molecule has 0 aliphatic carbocycles. The van der Waals surface area contributed by atoms with E-state index in [4.69, 9.17) is 0 Å². The minimum Gasteiger partial charge on any atom is -0.390 e. The summed E-state index contributed by atoms with van der Waals surface area (Å²) in [5.41, 5.74) is 1.55. The van der Waals surface area contributed by atoms with Crippen molar-refractivity contribution in [2.24, 2.45) is 0 Å². The van der Waals surface area contributed by atoms with Crippen LogP contribution in [0.1, 0.15) is 22.3 Å². The number of aliphatic hydroxyl groups excluding tert-OH is 2. The van der Waals surface area contributed by atoms with Crippen LogP contribution in [0.25, 0.3) is 6.08 Å². The molecule has 0 spiro atoms. The highest BCUT2D eigenvalue weighted by molar-refractivity contribution is 5.94. The molecule has 1 heterocycles. The summed E-state index contributed by atoms with van der Waals surface area (Å²) in [6.07, 6.45) is 0.555. The zero-order valence-electron chi connectivity index (χ0n) is 10.1. The van der Waals surface area contributed by atoms with Gasteiger partial charge in [0.2, 0.25) is 0 Å². The summed E-state index contributed by atoms with van der Waals surface area (Å²) in [5.74, 6) is -0.114. The predicted octanol–water partition coefficient (Wildman–Crippen LogP) is 0.897. The number of rotatable bonds is 2. The van der Waals surface area contributed by atoms with Crippen molar-refractivity contribution in [3.05, 3.63) is 42.0 Å². The van der Waals surface area contributed by atoms with Crippen LogP contribution in [0.4, 0.5) is 0 Å². The van der Waals surface area contributed by atoms with E-state index in [9.17, 15) is 15.0 Å². The molecule has 1 fully saturated rings. The van der Waals surface area contributed by atoms with E-state index in [1.807, 2.05) is 12.1 Å². The van der Waals surface area contributed by atoms with E-state index in [1.165, 1.54) is 0 Å². The van der Waals surface area contributed by atoms with Crippen LogP contribution >= 0.6 is 0 Å². The van der Waals surface area contributed by atoms with Gasteiger partial charge in [0.05, 0.1) is 12.2 Å². The molecule has 96 valence electrons. The number of benzene rings is 1. The molecular weight excluding hydrogens is 230 g/mol. The lowest BCUT2D eigenvalue weighted by molar-refractivity contribution is -0.0321.